The summed E-state index contributed by atoms with van der Waals surface area (Å²) >= 11 is 0. The molecule has 9 heteroatoms. The van der Waals surface area contributed by atoms with Crippen LogP contribution in [0.2, 0.25) is 0 Å². The summed E-state index contributed by atoms with van der Waals surface area (Å²) in [4.78, 5) is 38.6. The molecule has 1 aromatic rings. The highest BCUT2D eigenvalue weighted by atomic mass is 16.6. The summed E-state index contributed by atoms with van der Waals surface area (Å²) in [6, 6.07) is 8.76. The lowest BCUT2D eigenvalue weighted by molar-refractivity contribution is -0.137. The number of ether oxygens (including phenoxy) is 3. The zero-order valence-corrected chi connectivity index (χ0v) is 19.2. The summed E-state index contributed by atoms with van der Waals surface area (Å²) in [7, 11) is 0. The van der Waals surface area contributed by atoms with Gasteiger partial charge in [-0.2, -0.15) is 0 Å². The van der Waals surface area contributed by atoms with Gasteiger partial charge in [0.1, 0.15) is 18.2 Å². The Morgan fingerprint density at radius 3 is 2.41 bits per heavy atom. The Morgan fingerprint density at radius 1 is 1.06 bits per heavy atom. The molecule has 0 aliphatic carbocycles. The minimum absolute atomic E-state index is 0.144. The summed E-state index contributed by atoms with van der Waals surface area (Å²) in [5, 5.41) is 5.41. The molecule has 2 N–H and O–H groups in total. The van der Waals surface area contributed by atoms with Gasteiger partial charge in [-0.15, -0.1) is 0 Å². The van der Waals surface area contributed by atoms with E-state index in [9.17, 15) is 14.4 Å². The molecule has 178 valence electrons. The van der Waals surface area contributed by atoms with Crippen LogP contribution in [0.3, 0.4) is 0 Å². The Bertz CT molecular complexity index is 729. The predicted molar refractivity (Wildman–Crippen MR) is 119 cm³/mol. The van der Waals surface area contributed by atoms with Gasteiger partial charge in [-0.05, 0) is 45.6 Å². The number of carbonyl (C=O) groups excluding carboxylic acids is 3. The summed E-state index contributed by atoms with van der Waals surface area (Å²) in [6.07, 6.45) is 0.614. The number of rotatable bonds is 9. The van der Waals surface area contributed by atoms with E-state index in [1.807, 2.05) is 30.3 Å². The van der Waals surface area contributed by atoms with Gasteiger partial charge in [0.25, 0.3) is 0 Å². The van der Waals surface area contributed by atoms with Crippen LogP contribution >= 0.6 is 0 Å². The molecular formula is C23H35N3O6. The van der Waals surface area contributed by atoms with Crippen molar-refractivity contribution in [2.24, 2.45) is 0 Å². The Hall–Kier alpha value is -2.81. The number of hydrogen-bond acceptors (Lipinski definition) is 6. The van der Waals surface area contributed by atoms with Gasteiger partial charge < -0.3 is 29.7 Å². The van der Waals surface area contributed by atoms with E-state index in [-0.39, 0.29) is 12.5 Å². The topological polar surface area (TPSA) is 106 Å². The molecular weight excluding hydrogens is 414 g/mol. The summed E-state index contributed by atoms with van der Waals surface area (Å²) in [5.41, 5.74) is 0.265. The normalized spacial score (nSPS) is 14.9. The monoisotopic (exact) mass is 449 g/mol. The number of nitrogens with one attached hydrogen (secondary N) is 2. The van der Waals surface area contributed by atoms with Crippen LogP contribution in [-0.4, -0.2) is 67.5 Å². The molecule has 1 fully saturated rings. The van der Waals surface area contributed by atoms with Crippen molar-refractivity contribution in [2.75, 3.05) is 32.8 Å². The minimum atomic E-state index is -0.687. The molecule has 0 saturated carbocycles. The SMILES string of the molecule is CC(C)(C)OC(=O)N[C@H](CCCCNC(=O)OCc1ccccc1)C(=O)N1CCOCC1. The van der Waals surface area contributed by atoms with Gasteiger partial charge in [-0.3, -0.25) is 4.79 Å². The average molecular weight is 450 g/mol. The molecule has 1 atom stereocenters. The second-order valence-electron chi connectivity index (χ2n) is 8.62. The zero-order valence-electron chi connectivity index (χ0n) is 19.2. The Morgan fingerprint density at radius 2 is 1.75 bits per heavy atom. The molecule has 0 spiro atoms. The van der Waals surface area contributed by atoms with Crippen LogP contribution in [0, 0.1) is 0 Å². The quantitative estimate of drug-likeness (QED) is 0.562. The fourth-order valence-electron chi connectivity index (χ4n) is 3.15. The first-order valence-corrected chi connectivity index (χ1v) is 11.1. The lowest BCUT2D eigenvalue weighted by Gasteiger charge is -2.31. The Labute approximate surface area is 189 Å². The Balaban J connectivity index is 1.75. The van der Waals surface area contributed by atoms with Crippen molar-refractivity contribution in [3.8, 4) is 0 Å². The summed E-state index contributed by atoms with van der Waals surface area (Å²) in [5.74, 6) is -0.144. The minimum Gasteiger partial charge on any atom is -0.445 e. The van der Waals surface area contributed by atoms with Gasteiger partial charge in [-0.25, -0.2) is 9.59 Å². The fraction of sp³-hybridized carbons (Fsp3) is 0.609. The molecule has 1 aliphatic heterocycles. The van der Waals surface area contributed by atoms with Crippen LogP contribution in [0.15, 0.2) is 30.3 Å². The van der Waals surface area contributed by atoms with Crippen LogP contribution in [0.1, 0.15) is 45.6 Å². The predicted octanol–water partition coefficient (Wildman–Crippen LogP) is 2.84. The standard InChI is InChI=1S/C23H35N3O6/c1-23(2,3)32-22(29)25-19(20(27)26-13-15-30-16-14-26)11-7-8-12-24-21(28)31-17-18-9-5-4-6-10-18/h4-6,9-10,19H,7-8,11-17H2,1-3H3,(H,24,28)(H,25,29)/t19-/m1/s1. The number of alkyl carbamates (subject to hydrolysis) is 2. The van der Waals surface area contributed by atoms with Crippen LogP contribution < -0.4 is 10.6 Å². The van der Waals surface area contributed by atoms with Crippen molar-refractivity contribution >= 4 is 18.1 Å². The fourth-order valence-corrected chi connectivity index (χ4v) is 3.15. The summed E-state index contributed by atoms with van der Waals surface area (Å²) in [6.45, 7) is 7.91. The van der Waals surface area contributed by atoms with E-state index in [1.165, 1.54) is 0 Å². The lowest BCUT2D eigenvalue weighted by Crippen LogP contribution is -2.52. The van der Waals surface area contributed by atoms with Crippen LogP contribution in [0.5, 0.6) is 0 Å². The first kappa shape index (κ1) is 25.5. The highest BCUT2D eigenvalue weighted by Gasteiger charge is 2.28. The van der Waals surface area contributed by atoms with Crippen molar-refractivity contribution < 1.29 is 28.6 Å². The third kappa shape index (κ3) is 10.00. The molecule has 0 aromatic heterocycles. The van der Waals surface area contributed by atoms with Crippen LogP contribution in [0.4, 0.5) is 9.59 Å². The van der Waals surface area contributed by atoms with E-state index >= 15 is 0 Å². The van der Waals surface area contributed by atoms with E-state index < -0.39 is 23.8 Å². The number of hydrogen-bond donors (Lipinski definition) is 2. The largest absolute Gasteiger partial charge is 0.445 e. The number of unbranched alkanes of at least 4 members (excludes halogenated alkanes) is 1. The smallest absolute Gasteiger partial charge is 0.408 e. The van der Waals surface area contributed by atoms with Gasteiger partial charge in [0.15, 0.2) is 0 Å². The maximum Gasteiger partial charge on any atom is 0.408 e. The molecule has 1 aliphatic rings. The highest BCUT2D eigenvalue weighted by Crippen LogP contribution is 2.11. The van der Waals surface area contributed by atoms with Crippen LogP contribution in [0.25, 0.3) is 0 Å². The van der Waals surface area contributed by atoms with Crippen molar-refractivity contribution in [3.63, 3.8) is 0 Å². The van der Waals surface area contributed by atoms with Gasteiger partial charge in [-0.1, -0.05) is 30.3 Å². The maximum atomic E-state index is 12.9. The number of benzene rings is 1. The molecule has 1 saturated heterocycles. The maximum absolute atomic E-state index is 12.9. The van der Waals surface area contributed by atoms with E-state index in [0.29, 0.717) is 52.1 Å². The third-order valence-corrected chi connectivity index (χ3v) is 4.71. The second kappa shape index (κ2) is 12.9. The first-order chi connectivity index (χ1) is 15.2. The number of nitrogens with zero attached hydrogens (tertiary/aromatic N) is 1. The van der Waals surface area contributed by atoms with Gasteiger partial charge in [0, 0.05) is 19.6 Å². The lowest BCUT2D eigenvalue weighted by atomic mass is 10.1. The molecule has 0 bridgehead atoms. The number of carbonyl (C=O) groups is 3. The first-order valence-electron chi connectivity index (χ1n) is 11.1. The van der Waals surface area contributed by atoms with Gasteiger partial charge in [0.2, 0.25) is 5.91 Å². The van der Waals surface area contributed by atoms with E-state index in [2.05, 4.69) is 10.6 Å². The second-order valence-corrected chi connectivity index (χ2v) is 8.62. The molecule has 1 heterocycles. The van der Waals surface area contributed by atoms with E-state index in [1.54, 1.807) is 25.7 Å². The van der Waals surface area contributed by atoms with E-state index in [0.717, 1.165) is 5.56 Å². The van der Waals surface area contributed by atoms with Crippen molar-refractivity contribution in [2.45, 2.75) is 58.3 Å². The molecule has 0 unspecified atom stereocenters. The van der Waals surface area contributed by atoms with Crippen molar-refractivity contribution in [1.29, 1.82) is 0 Å². The number of amides is 3. The molecule has 0 radical (unpaired) electrons. The highest BCUT2D eigenvalue weighted by molar-refractivity contribution is 5.85. The molecule has 9 nitrogen and oxygen atoms in total. The van der Waals surface area contributed by atoms with Crippen molar-refractivity contribution in [3.05, 3.63) is 35.9 Å². The Kier molecular flexibility index (Phi) is 10.3. The third-order valence-electron chi connectivity index (χ3n) is 4.71. The zero-order chi connectivity index (χ0) is 23.4. The summed E-state index contributed by atoms with van der Waals surface area (Å²) < 4.78 is 15.8. The molecule has 1 aromatic carbocycles. The molecule has 3 amide bonds. The molecule has 2 rings (SSSR count). The van der Waals surface area contributed by atoms with E-state index in [4.69, 9.17) is 14.2 Å². The van der Waals surface area contributed by atoms with Gasteiger partial charge in [0.05, 0.1) is 13.2 Å². The number of morpholine rings is 1. The average Bonchev–Trinajstić information content (AvgIpc) is 2.76. The van der Waals surface area contributed by atoms with Gasteiger partial charge >= 0.3 is 12.2 Å². The van der Waals surface area contributed by atoms with Crippen molar-refractivity contribution in [1.82, 2.24) is 15.5 Å². The molecule has 32 heavy (non-hydrogen) atoms. The van der Waals surface area contributed by atoms with Crippen LogP contribution in [-0.2, 0) is 25.6 Å².